The van der Waals surface area contributed by atoms with Crippen molar-refractivity contribution in [3.63, 3.8) is 0 Å². The van der Waals surface area contributed by atoms with Crippen molar-refractivity contribution in [1.82, 2.24) is 0 Å². The van der Waals surface area contributed by atoms with Crippen LogP contribution in [-0.4, -0.2) is 0 Å². The molecular formula is C16H19N. The van der Waals surface area contributed by atoms with E-state index in [9.17, 15) is 0 Å². The summed E-state index contributed by atoms with van der Waals surface area (Å²) >= 11 is 0. The van der Waals surface area contributed by atoms with E-state index in [1.807, 2.05) is 6.07 Å². The molecule has 2 N–H and O–H groups in total. The van der Waals surface area contributed by atoms with Crippen molar-refractivity contribution in [2.24, 2.45) is 0 Å². The topological polar surface area (TPSA) is 26.0 Å². The van der Waals surface area contributed by atoms with Crippen LogP contribution in [0.5, 0.6) is 0 Å². The smallest absolute Gasteiger partial charge is 0.0393 e. The lowest BCUT2D eigenvalue weighted by Crippen LogP contribution is -1.92. The van der Waals surface area contributed by atoms with Crippen LogP contribution < -0.4 is 5.73 Å². The van der Waals surface area contributed by atoms with Gasteiger partial charge in [0.1, 0.15) is 0 Å². The first-order chi connectivity index (χ1) is 8.20. The maximum absolute atomic E-state index is 6.05. The lowest BCUT2D eigenvalue weighted by Gasteiger charge is -2.09. The first-order valence-corrected chi connectivity index (χ1v) is 6.16. The minimum atomic E-state index is 0.851. The van der Waals surface area contributed by atoms with Crippen molar-refractivity contribution in [1.29, 1.82) is 0 Å². The van der Waals surface area contributed by atoms with Crippen molar-refractivity contribution >= 4 is 5.69 Å². The van der Waals surface area contributed by atoms with Crippen molar-refractivity contribution in [3.8, 4) is 11.1 Å². The van der Waals surface area contributed by atoms with E-state index < -0.39 is 0 Å². The van der Waals surface area contributed by atoms with E-state index in [2.05, 4.69) is 50.2 Å². The largest absolute Gasteiger partial charge is 0.398 e. The predicted molar refractivity (Wildman–Crippen MR) is 75.0 cm³/mol. The zero-order valence-electron chi connectivity index (χ0n) is 10.5. The molecule has 0 saturated heterocycles. The average molecular weight is 225 g/mol. The first kappa shape index (κ1) is 11.7. The predicted octanol–water partition coefficient (Wildman–Crippen LogP) is 4.20. The Kier molecular flexibility index (Phi) is 3.48. The average Bonchev–Trinajstić information content (AvgIpc) is 2.33. The van der Waals surface area contributed by atoms with Crippen molar-refractivity contribution in [2.45, 2.75) is 26.7 Å². The highest BCUT2D eigenvalue weighted by Gasteiger charge is 2.03. The Labute approximate surface area is 103 Å². The molecule has 0 radical (unpaired) electrons. The summed E-state index contributed by atoms with van der Waals surface area (Å²) in [4.78, 5) is 0. The third kappa shape index (κ3) is 2.68. The lowest BCUT2D eigenvalue weighted by molar-refractivity contribution is 0.922. The summed E-state index contributed by atoms with van der Waals surface area (Å²) in [6, 6.07) is 14.9. The second-order valence-corrected chi connectivity index (χ2v) is 4.54. The molecule has 0 aromatic heterocycles. The fourth-order valence-electron chi connectivity index (χ4n) is 2.10. The number of anilines is 1. The first-order valence-electron chi connectivity index (χ1n) is 6.16. The molecule has 0 amide bonds. The Morgan fingerprint density at radius 1 is 1.06 bits per heavy atom. The molecule has 0 atom stereocenters. The standard InChI is InChI=1S/C16H19N/c1-3-5-13-6-4-7-14(11-13)15-10-12(2)8-9-16(15)17/h4,6-11H,3,5,17H2,1-2H3. The lowest BCUT2D eigenvalue weighted by atomic mass is 9.98. The zero-order chi connectivity index (χ0) is 12.3. The highest BCUT2D eigenvalue weighted by molar-refractivity contribution is 5.77. The summed E-state index contributed by atoms with van der Waals surface area (Å²) in [5.41, 5.74) is 11.9. The number of hydrogen-bond acceptors (Lipinski definition) is 1. The number of aryl methyl sites for hydroxylation is 2. The van der Waals surface area contributed by atoms with Gasteiger partial charge in [0.05, 0.1) is 0 Å². The Hall–Kier alpha value is -1.76. The van der Waals surface area contributed by atoms with Crippen LogP contribution in [0.25, 0.3) is 11.1 Å². The van der Waals surface area contributed by atoms with Gasteiger partial charge in [-0.15, -0.1) is 0 Å². The van der Waals surface area contributed by atoms with E-state index in [0.717, 1.165) is 17.7 Å². The van der Waals surface area contributed by atoms with Gasteiger partial charge in [-0.3, -0.25) is 0 Å². The molecule has 0 bridgehead atoms. The molecule has 0 fully saturated rings. The maximum Gasteiger partial charge on any atom is 0.0393 e. The van der Waals surface area contributed by atoms with Gasteiger partial charge in [-0.25, -0.2) is 0 Å². The van der Waals surface area contributed by atoms with Crippen molar-refractivity contribution < 1.29 is 0 Å². The van der Waals surface area contributed by atoms with Crippen LogP contribution in [0, 0.1) is 6.92 Å². The normalized spacial score (nSPS) is 10.5. The summed E-state index contributed by atoms with van der Waals surface area (Å²) in [7, 11) is 0. The molecule has 2 rings (SSSR count). The van der Waals surface area contributed by atoms with Crippen LogP contribution in [0.15, 0.2) is 42.5 Å². The highest BCUT2D eigenvalue weighted by atomic mass is 14.6. The highest BCUT2D eigenvalue weighted by Crippen LogP contribution is 2.27. The van der Waals surface area contributed by atoms with Crippen LogP contribution in [0.2, 0.25) is 0 Å². The number of hydrogen-bond donors (Lipinski definition) is 1. The molecule has 88 valence electrons. The molecule has 0 saturated carbocycles. The van der Waals surface area contributed by atoms with Crippen molar-refractivity contribution in [3.05, 3.63) is 53.6 Å². The van der Waals surface area contributed by atoms with E-state index in [1.165, 1.54) is 23.1 Å². The summed E-state index contributed by atoms with van der Waals surface area (Å²) in [6.07, 6.45) is 2.30. The second kappa shape index (κ2) is 5.05. The van der Waals surface area contributed by atoms with Gasteiger partial charge in [-0.2, -0.15) is 0 Å². The molecule has 2 aromatic rings. The Bertz CT molecular complexity index is 515. The van der Waals surface area contributed by atoms with E-state index in [1.54, 1.807) is 0 Å². The van der Waals surface area contributed by atoms with Crippen LogP contribution >= 0.6 is 0 Å². The van der Waals surface area contributed by atoms with E-state index in [-0.39, 0.29) is 0 Å². The molecule has 0 aliphatic rings. The molecule has 0 unspecified atom stereocenters. The van der Waals surface area contributed by atoms with E-state index in [4.69, 9.17) is 5.73 Å². The second-order valence-electron chi connectivity index (χ2n) is 4.54. The monoisotopic (exact) mass is 225 g/mol. The molecule has 0 aliphatic heterocycles. The molecule has 0 spiro atoms. The molecule has 0 aliphatic carbocycles. The van der Waals surface area contributed by atoms with Gasteiger partial charge in [0.25, 0.3) is 0 Å². The van der Waals surface area contributed by atoms with Gasteiger partial charge in [0.2, 0.25) is 0 Å². The van der Waals surface area contributed by atoms with Crippen LogP contribution in [-0.2, 0) is 6.42 Å². The van der Waals surface area contributed by atoms with Gasteiger partial charge in [-0.05, 0) is 36.6 Å². The van der Waals surface area contributed by atoms with Crippen LogP contribution in [0.3, 0.4) is 0 Å². The molecular weight excluding hydrogens is 206 g/mol. The zero-order valence-corrected chi connectivity index (χ0v) is 10.5. The summed E-state index contributed by atoms with van der Waals surface area (Å²) < 4.78 is 0. The molecule has 1 nitrogen and oxygen atoms in total. The van der Waals surface area contributed by atoms with Gasteiger partial charge in [-0.1, -0.05) is 49.2 Å². The minimum Gasteiger partial charge on any atom is -0.398 e. The summed E-state index contributed by atoms with van der Waals surface area (Å²) in [5, 5.41) is 0. The van der Waals surface area contributed by atoms with Gasteiger partial charge in [0.15, 0.2) is 0 Å². The SMILES string of the molecule is CCCc1cccc(-c2cc(C)ccc2N)c1. The van der Waals surface area contributed by atoms with Gasteiger partial charge in [0, 0.05) is 11.3 Å². The molecule has 17 heavy (non-hydrogen) atoms. The van der Waals surface area contributed by atoms with Crippen LogP contribution in [0.1, 0.15) is 24.5 Å². The molecule has 2 aromatic carbocycles. The van der Waals surface area contributed by atoms with Gasteiger partial charge >= 0.3 is 0 Å². The quantitative estimate of drug-likeness (QED) is 0.778. The Morgan fingerprint density at radius 2 is 1.88 bits per heavy atom. The van der Waals surface area contributed by atoms with Crippen LogP contribution in [0.4, 0.5) is 5.69 Å². The van der Waals surface area contributed by atoms with Crippen molar-refractivity contribution in [2.75, 3.05) is 5.73 Å². The third-order valence-corrected chi connectivity index (χ3v) is 2.99. The summed E-state index contributed by atoms with van der Waals surface area (Å²) in [6.45, 7) is 4.30. The maximum atomic E-state index is 6.05. The number of nitrogens with two attached hydrogens (primary N) is 1. The fourth-order valence-corrected chi connectivity index (χ4v) is 2.10. The Balaban J connectivity index is 2.45. The fraction of sp³-hybridized carbons (Fsp3) is 0.250. The third-order valence-electron chi connectivity index (χ3n) is 2.99. The minimum absolute atomic E-state index is 0.851. The number of rotatable bonds is 3. The number of nitrogen functional groups attached to an aromatic ring is 1. The Morgan fingerprint density at radius 3 is 2.65 bits per heavy atom. The van der Waals surface area contributed by atoms with E-state index in [0.29, 0.717) is 0 Å². The van der Waals surface area contributed by atoms with E-state index >= 15 is 0 Å². The molecule has 0 heterocycles. The summed E-state index contributed by atoms with van der Waals surface area (Å²) in [5.74, 6) is 0. The van der Waals surface area contributed by atoms with Gasteiger partial charge < -0.3 is 5.73 Å². The molecule has 1 heteroatoms. The number of benzene rings is 2.